The van der Waals surface area contributed by atoms with Crippen LogP contribution in [0.3, 0.4) is 0 Å². The van der Waals surface area contributed by atoms with Crippen molar-refractivity contribution in [3.8, 4) is 5.75 Å². The summed E-state index contributed by atoms with van der Waals surface area (Å²) in [4.78, 5) is 12.5. The van der Waals surface area contributed by atoms with E-state index in [1.165, 1.54) is 0 Å². The maximum atomic E-state index is 12.5. The Morgan fingerprint density at radius 3 is 2.52 bits per heavy atom. The summed E-state index contributed by atoms with van der Waals surface area (Å²) in [5, 5.41) is 4.12. The lowest BCUT2D eigenvalue weighted by atomic mass is 10.2. The molecule has 0 saturated heterocycles. The Labute approximate surface area is 146 Å². The predicted octanol–water partition coefficient (Wildman–Crippen LogP) is 5.41. The van der Waals surface area contributed by atoms with E-state index in [4.69, 9.17) is 27.9 Å². The minimum atomic E-state index is -0.589. The first-order valence-corrected chi connectivity index (χ1v) is 8.16. The molecule has 3 nitrogen and oxygen atoms in total. The Kier molecular flexibility index (Phi) is 5.91. The molecule has 122 valence electrons. The number of hydrogen-bond acceptors (Lipinski definition) is 2. The molecule has 0 aromatic heterocycles. The van der Waals surface area contributed by atoms with Gasteiger partial charge < -0.3 is 10.1 Å². The van der Waals surface area contributed by atoms with E-state index < -0.39 is 6.10 Å². The maximum absolute atomic E-state index is 12.5. The fourth-order valence-corrected chi connectivity index (χ4v) is 2.41. The number of anilines is 1. The molecule has 0 heterocycles. The quantitative estimate of drug-likeness (QED) is 0.782. The van der Waals surface area contributed by atoms with Crippen LogP contribution in [0.4, 0.5) is 5.69 Å². The number of amides is 1. The fraction of sp³-hybridized carbons (Fsp3) is 0.278. The van der Waals surface area contributed by atoms with Crippen molar-refractivity contribution in [2.75, 3.05) is 5.32 Å². The van der Waals surface area contributed by atoms with Gasteiger partial charge in [-0.05, 0) is 61.7 Å². The molecule has 0 aliphatic rings. The summed E-state index contributed by atoms with van der Waals surface area (Å²) in [6.07, 6.45) is -0.0402. The van der Waals surface area contributed by atoms with Gasteiger partial charge in [0, 0.05) is 15.7 Å². The van der Waals surface area contributed by atoms with Crippen molar-refractivity contribution >= 4 is 34.8 Å². The van der Waals surface area contributed by atoms with Crippen molar-refractivity contribution in [2.24, 2.45) is 0 Å². The Morgan fingerprint density at radius 2 is 1.87 bits per heavy atom. The summed E-state index contributed by atoms with van der Waals surface area (Å²) in [6.45, 7) is 5.71. The Balaban J connectivity index is 2.11. The SMILES string of the molecule is CC[C@@H](Oc1ccc(Cl)c(C)c1)C(=O)Nc1cc(Cl)ccc1C. The summed E-state index contributed by atoms with van der Waals surface area (Å²) < 4.78 is 5.80. The van der Waals surface area contributed by atoms with Gasteiger partial charge in [0.25, 0.3) is 5.91 Å². The second kappa shape index (κ2) is 7.71. The highest BCUT2D eigenvalue weighted by molar-refractivity contribution is 6.31. The van der Waals surface area contributed by atoms with Crippen molar-refractivity contribution in [2.45, 2.75) is 33.3 Å². The largest absolute Gasteiger partial charge is 0.481 e. The summed E-state index contributed by atoms with van der Waals surface area (Å²) in [5.41, 5.74) is 2.54. The molecular formula is C18H19Cl2NO2. The average molecular weight is 352 g/mol. The van der Waals surface area contributed by atoms with Crippen LogP contribution in [0.2, 0.25) is 10.0 Å². The molecule has 0 radical (unpaired) electrons. The highest BCUT2D eigenvalue weighted by Gasteiger charge is 2.19. The summed E-state index contributed by atoms with van der Waals surface area (Å²) >= 11 is 12.0. The van der Waals surface area contributed by atoms with Crippen molar-refractivity contribution in [3.63, 3.8) is 0 Å². The van der Waals surface area contributed by atoms with Crippen molar-refractivity contribution in [1.29, 1.82) is 0 Å². The molecule has 2 aromatic rings. The molecule has 0 aliphatic carbocycles. The number of rotatable bonds is 5. The van der Waals surface area contributed by atoms with Crippen LogP contribution in [0.25, 0.3) is 0 Å². The molecule has 1 atom stereocenters. The molecule has 1 amide bonds. The third-order valence-corrected chi connectivity index (χ3v) is 4.19. The van der Waals surface area contributed by atoms with E-state index in [0.29, 0.717) is 27.9 Å². The molecule has 0 unspecified atom stereocenters. The highest BCUT2D eigenvalue weighted by Crippen LogP contribution is 2.24. The van der Waals surface area contributed by atoms with E-state index in [1.54, 1.807) is 24.3 Å². The van der Waals surface area contributed by atoms with Crippen LogP contribution in [-0.4, -0.2) is 12.0 Å². The molecule has 0 fully saturated rings. The van der Waals surface area contributed by atoms with Gasteiger partial charge in [0.15, 0.2) is 6.10 Å². The van der Waals surface area contributed by atoms with Gasteiger partial charge in [-0.3, -0.25) is 4.79 Å². The van der Waals surface area contributed by atoms with Crippen molar-refractivity contribution in [1.82, 2.24) is 0 Å². The number of carbonyl (C=O) groups excluding carboxylic acids is 1. The van der Waals surface area contributed by atoms with Gasteiger partial charge in [0.05, 0.1) is 0 Å². The standard InChI is InChI=1S/C18H19Cl2NO2/c1-4-17(23-14-7-8-15(20)12(3)9-14)18(22)21-16-10-13(19)6-5-11(16)2/h5-10,17H,4H2,1-3H3,(H,21,22)/t17-/m1/s1. The smallest absolute Gasteiger partial charge is 0.265 e. The van der Waals surface area contributed by atoms with Gasteiger partial charge >= 0.3 is 0 Å². The molecule has 0 aliphatic heterocycles. The molecule has 0 spiro atoms. The predicted molar refractivity (Wildman–Crippen MR) is 95.7 cm³/mol. The lowest BCUT2D eigenvalue weighted by Crippen LogP contribution is -2.32. The Hall–Kier alpha value is -1.71. The van der Waals surface area contributed by atoms with E-state index in [-0.39, 0.29) is 5.91 Å². The first-order valence-electron chi connectivity index (χ1n) is 7.40. The zero-order valence-corrected chi connectivity index (χ0v) is 14.8. The van der Waals surface area contributed by atoms with Gasteiger partial charge in [-0.25, -0.2) is 0 Å². The second-order valence-corrected chi connectivity index (χ2v) is 6.22. The number of halogens is 2. The normalized spacial score (nSPS) is 11.9. The Morgan fingerprint density at radius 1 is 1.13 bits per heavy atom. The van der Waals surface area contributed by atoms with Crippen LogP contribution < -0.4 is 10.1 Å². The Bertz CT molecular complexity index is 716. The van der Waals surface area contributed by atoms with Crippen LogP contribution in [0.15, 0.2) is 36.4 Å². The third-order valence-electron chi connectivity index (χ3n) is 3.53. The molecule has 0 bridgehead atoms. The van der Waals surface area contributed by atoms with E-state index in [0.717, 1.165) is 11.1 Å². The number of hydrogen-bond donors (Lipinski definition) is 1. The van der Waals surface area contributed by atoms with Crippen LogP contribution in [0.1, 0.15) is 24.5 Å². The lowest BCUT2D eigenvalue weighted by Gasteiger charge is -2.18. The molecule has 0 saturated carbocycles. The summed E-state index contributed by atoms with van der Waals surface area (Å²) in [5.74, 6) is 0.419. The average Bonchev–Trinajstić information content (AvgIpc) is 2.51. The number of ether oxygens (including phenoxy) is 1. The van der Waals surface area contributed by atoms with Crippen LogP contribution in [0.5, 0.6) is 5.75 Å². The van der Waals surface area contributed by atoms with E-state index in [2.05, 4.69) is 5.32 Å². The molecule has 5 heteroatoms. The first-order chi connectivity index (χ1) is 10.9. The van der Waals surface area contributed by atoms with Gasteiger partial charge in [0.2, 0.25) is 0 Å². The number of nitrogens with one attached hydrogen (secondary N) is 1. The van der Waals surface area contributed by atoms with E-state index >= 15 is 0 Å². The summed E-state index contributed by atoms with van der Waals surface area (Å²) in [7, 11) is 0. The van der Waals surface area contributed by atoms with Crippen molar-refractivity contribution in [3.05, 3.63) is 57.6 Å². The minimum Gasteiger partial charge on any atom is -0.481 e. The first kappa shape index (κ1) is 17.6. The molecule has 1 N–H and O–H groups in total. The van der Waals surface area contributed by atoms with Crippen LogP contribution >= 0.6 is 23.2 Å². The number of carbonyl (C=O) groups is 1. The number of aryl methyl sites for hydroxylation is 2. The number of benzene rings is 2. The monoisotopic (exact) mass is 351 g/mol. The highest BCUT2D eigenvalue weighted by atomic mass is 35.5. The molecule has 2 aromatic carbocycles. The second-order valence-electron chi connectivity index (χ2n) is 5.37. The van der Waals surface area contributed by atoms with Gasteiger partial charge in [-0.2, -0.15) is 0 Å². The maximum Gasteiger partial charge on any atom is 0.265 e. The van der Waals surface area contributed by atoms with Gasteiger partial charge in [0.1, 0.15) is 5.75 Å². The van der Waals surface area contributed by atoms with E-state index in [1.807, 2.05) is 32.9 Å². The van der Waals surface area contributed by atoms with Gasteiger partial charge in [-0.15, -0.1) is 0 Å². The minimum absolute atomic E-state index is 0.203. The van der Waals surface area contributed by atoms with Crippen LogP contribution in [-0.2, 0) is 4.79 Å². The summed E-state index contributed by atoms with van der Waals surface area (Å²) in [6, 6.07) is 10.7. The fourth-order valence-electron chi connectivity index (χ4n) is 2.12. The molecular weight excluding hydrogens is 333 g/mol. The van der Waals surface area contributed by atoms with Crippen molar-refractivity contribution < 1.29 is 9.53 Å². The van der Waals surface area contributed by atoms with Gasteiger partial charge in [-0.1, -0.05) is 36.2 Å². The lowest BCUT2D eigenvalue weighted by molar-refractivity contribution is -0.122. The molecule has 2 rings (SSSR count). The zero-order chi connectivity index (χ0) is 17.0. The molecule has 23 heavy (non-hydrogen) atoms. The topological polar surface area (TPSA) is 38.3 Å². The van der Waals surface area contributed by atoms with Crippen LogP contribution in [0, 0.1) is 13.8 Å². The van der Waals surface area contributed by atoms with E-state index in [9.17, 15) is 4.79 Å². The zero-order valence-electron chi connectivity index (χ0n) is 13.3. The third kappa shape index (κ3) is 4.63.